The van der Waals surface area contributed by atoms with Gasteiger partial charge in [0.05, 0.1) is 5.69 Å². The average Bonchev–Trinajstić information content (AvgIpc) is 3.15. The number of amides is 1. The van der Waals surface area contributed by atoms with Gasteiger partial charge in [0.15, 0.2) is 5.82 Å². The number of allylic oxidation sites excluding steroid dienone is 2. The smallest absolute Gasteiger partial charge is 0.413 e. The fourth-order valence-electron chi connectivity index (χ4n) is 3.43. The summed E-state index contributed by atoms with van der Waals surface area (Å²) >= 11 is 0. The van der Waals surface area contributed by atoms with E-state index in [0.29, 0.717) is 11.6 Å². The summed E-state index contributed by atoms with van der Waals surface area (Å²) in [4.78, 5) is 16.3. The zero-order chi connectivity index (χ0) is 20.1. The molecule has 0 atom stereocenters. The number of nitrogens with zero attached hydrogens (tertiary/aromatic N) is 2. The minimum atomic E-state index is -0.548. The van der Waals surface area contributed by atoms with Crippen LogP contribution in [0, 0.1) is 0 Å². The number of benzene rings is 1. The molecular weight excluding hydrogens is 366 g/mol. The zero-order valence-corrected chi connectivity index (χ0v) is 16.0. The number of hydrogen-bond acceptors (Lipinski definition) is 5. The van der Waals surface area contributed by atoms with Crippen LogP contribution in [0.25, 0.3) is 16.8 Å². The first-order chi connectivity index (χ1) is 14.2. The van der Waals surface area contributed by atoms with E-state index in [9.17, 15) is 4.79 Å². The van der Waals surface area contributed by atoms with Gasteiger partial charge in [0, 0.05) is 17.3 Å². The van der Waals surface area contributed by atoms with Crippen LogP contribution in [0.3, 0.4) is 0 Å². The highest BCUT2D eigenvalue weighted by molar-refractivity contribution is 5.86. The molecule has 148 valence electrons. The highest BCUT2D eigenvalue weighted by atomic mass is 16.5. The van der Waals surface area contributed by atoms with E-state index >= 15 is 0 Å². The summed E-state index contributed by atoms with van der Waals surface area (Å²) in [5, 5.41) is 9.84. The van der Waals surface area contributed by atoms with E-state index < -0.39 is 6.09 Å². The number of nitrogen functional groups attached to an aromatic ring is 1. The number of pyridine rings is 1. The minimum absolute atomic E-state index is 0.205. The Morgan fingerprint density at radius 3 is 2.76 bits per heavy atom. The van der Waals surface area contributed by atoms with Crippen molar-refractivity contribution in [2.75, 3.05) is 11.1 Å². The van der Waals surface area contributed by atoms with Crippen molar-refractivity contribution >= 4 is 23.3 Å². The predicted octanol–water partition coefficient (Wildman–Crippen LogP) is 4.76. The Hall–Kier alpha value is -3.61. The Morgan fingerprint density at radius 1 is 1.17 bits per heavy atom. The molecule has 7 nitrogen and oxygen atoms in total. The van der Waals surface area contributed by atoms with Crippen molar-refractivity contribution in [1.82, 2.24) is 15.2 Å². The number of aromatic amines is 1. The molecule has 0 radical (unpaired) electrons. The van der Waals surface area contributed by atoms with Crippen LogP contribution in [-0.2, 0) is 11.3 Å². The molecule has 1 aromatic carbocycles. The average molecular weight is 389 g/mol. The van der Waals surface area contributed by atoms with E-state index in [-0.39, 0.29) is 6.61 Å². The Kier molecular flexibility index (Phi) is 5.56. The molecular formula is C22H23N5O2. The van der Waals surface area contributed by atoms with Gasteiger partial charge in [0.2, 0.25) is 0 Å². The van der Waals surface area contributed by atoms with Gasteiger partial charge < -0.3 is 10.5 Å². The van der Waals surface area contributed by atoms with Crippen molar-refractivity contribution in [3.8, 4) is 11.3 Å². The normalized spacial score (nSPS) is 13.6. The second-order valence-electron chi connectivity index (χ2n) is 6.95. The maximum atomic E-state index is 12.0. The SMILES string of the molecule is Nc1n[nH]c(-c2ccc(NC(=O)OCc3ccccc3)nc2)c1C1=CCCCC1. The van der Waals surface area contributed by atoms with Crippen LogP contribution in [-0.4, -0.2) is 21.3 Å². The minimum Gasteiger partial charge on any atom is -0.444 e. The number of aromatic nitrogens is 3. The highest BCUT2D eigenvalue weighted by Gasteiger charge is 2.18. The van der Waals surface area contributed by atoms with Crippen molar-refractivity contribution in [3.05, 3.63) is 65.9 Å². The third kappa shape index (κ3) is 4.45. The number of nitrogens with two attached hydrogens (primary N) is 1. The Balaban J connectivity index is 1.43. The molecule has 1 aliphatic carbocycles. The summed E-state index contributed by atoms with van der Waals surface area (Å²) < 4.78 is 5.22. The van der Waals surface area contributed by atoms with Crippen LogP contribution >= 0.6 is 0 Å². The molecule has 0 spiro atoms. The maximum absolute atomic E-state index is 12.0. The van der Waals surface area contributed by atoms with Gasteiger partial charge in [-0.15, -0.1) is 0 Å². The number of rotatable bonds is 5. The molecule has 1 amide bonds. The first-order valence-corrected chi connectivity index (χ1v) is 9.68. The van der Waals surface area contributed by atoms with Gasteiger partial charge in [-0.3, -0.25) is 10.4 Å². The van der Waals surface area contributed by atoms with Crippen LogP contribution in [0.1, 0.15) is 36.8 Å². The molecule has 7 heteroatoms. The van der Waals surface area contributed by atoms with Crippen molar-refractivity contribution < 1.29 is 9.53 Å². The summed E-state index contributed by atoms with van der Waals surface area (Å²) in [6, 6.07) is 13.1. The van der Waals surface area contributed by atoms with Crippen LogP contribution in [0.4, 0.5) is 16.4 Å². The van der Waals surface area contributed by atoms with E-state index in [4.69, 9.17) is 10.5 Å². The number of carbonyl (C=O) groups is 1. The third-order valence-corrected chi connectivity index (χ3v) is 4.90. The van der Waals surface area contributed by atoms with E-state index in [1.165, 1.54) is 12.0 Å². The van der Waals surface area contributed by atoms with Gasteiger partial charge in [-0.2, -0.15) is 5.10 Å². The standard InChI is InChI=1S/C22H23N5O2/c23-21-19(16-9-5-2-6-10-16)20(26-27-21)17-11-12-18(24-13-17)25-22(28)29-14-15-7-3-1-4-8-15/h1,3-4,7-9,11-13H,2,5-6,10,14H2,(H3,23,26,27)(H,24,25,28). The molecule has 1 aliphatic rings. The highest BCUT2D eigenvalue weighted by Crippen LogP contribution is 2.36. The summed E-state index contributed by atoms with van der Waals surface area (Å²) in [7, 11) is 0. The Bertz CT molecular complexity index is 1010. The second kappa shape index (κ2) is 8.60. The van der Waals surface area contributed by atoms with Gasteiger partial charge in [-0.1, -0.05) is 36.4 Å². The first kappa shape index (κ1) is 18.7. The Morgan fingerprint density at radius 2 is 2.03 bits per heavy atom. The Labute approximate surface area is 169 Å². The van der Waals surface area contributed by atoms with Crippen LogP contribution in [0.15, 0.2) is 54.7 Å². The van der Waals surface area contributed by atoms with Gasteiger partial charge in [-0.05, 0) is 49.0 Å². The summed E-state index contributed by atoms with van der Waals surface area (Å²) in [5.74, 6) is 0.914. The number of ether oxygens (including phenoxy) is 1. The summed E-state index contributed by atoms with van der Waals surface area (Å²) in [6.45, 7) is 0.205. The molecule has 29 heavy (non-hydrogen) atoms. The zero-order valence-electron chi connectivity index (χ0n) is 16.0. The number of hydrogen-bond donors (Lipinski definition) is 3. The van der Waals surface area contributed by atoms with E-state index in [1.807, 2.05) is 36.4 Å². The lowest BCUT2D eigenvalue weighted by atomic mass is 9.92. The van der Waals surface area contributed by atoms with Crippen molar-refractivity contribution in [2.45, 2.75) is 32.3 Å². The molecule has 0 bridgehead atoms. The van der Waals surface area contributed by atoms with Gasteiger partial charge in [0.1, 0.15) is 12.4 Å². The van der Waals surface area contributed by atoms with Crippen molar-refractivity contribution in [3.63, 3.8) is 0 Å². The van der Waals surface area contributed by atoms with E-state index in [2.05, 4.69) is 26.6 Å². The third-order valence-electron chi connectivity index (χ3n) is 4.90. The summed E-state index contributed by atoms with van der Waals surface area (Å²) in [5.41, 5.74) is 10.9. The maximum Gasteiger partial charge on any atom is 0.413 e. The lowest BCUT2D eigenvalue weighted by Gasteiger charge is -2.14. The molecule has 0 unspecified atom stereocenters. The first-order valence-electron chi connectivity index (χ1n) is 9.68. The van der Waals surface area contributed by atoms with Crippen LogP contribution < -0.4 is 11.1 Å². The van der Waals surface area contributed by atoms with Gasteiger partial charge in [0.25, 0.3) is 0 Å². The largest absolute Gasteiger partial charge is 0.444 e. The fraction of sp³-hybridized carbons (Fsp3) is 0.227. The van der Waals surface area contributed by atoms with Crippen molar-refractivity contribution in [1.29, 1.82) is 0 Å². The van der Waals surface area contributed by atoms with Crippen molar-refractivity contribution in [2.24, 2.45) is 0 Å². The lowest BCUT2D eigenvalue weighted by molar-refractivity contribution is 0.155. The second-order valence-corrected chi connectivity index (χ2v) is 6.95. The molecule has 0 aliphatic heterocycles. The molecule has 0 fully saturated rings. The number of anilines is 2. The van der Waals surface area contributed by atoms with Gasteiger partial charge >= 0.3 is 6.09 Å². The molecule has 2 heterocycles. The monoisotopic (exact) mass is 389 g/mol. The quantitative estimate of drug-likeness (QED) is 0.583. The fourth-order valence-corrected chi connectivity index (χ4v) is 3.43. The molecule has 3 aromatic rings. The lowest BCUT2D eigenvalue weighted by Crippen LogP contribution is -2.14. The number of carbonyl (C=O) groups excluding carboxylic acids is 1. The van der Waals surface area contributed by atoms with E-state index in [1.54, 1.807) is 12.3 Å². The molecule has 4 N–H and O–H groups in total. The van der Waals surface area contributed by atoms with Crippen LogP contribution in [0.2, 0.25) is 0 Å². The number of nitrogens with one attached hydrogen (secondary N) is 2. The molecule has 2 aromatic heterocycles. The van der Waals surface area contributed by atoms with E-state index in [0.717, 1.165) is 41.6 Å². The molecule has 4 rings (SSSR count). The van der Waals surface area contributed by atoms with Gasteiger partial charge in [-0.25, -0.2) is 9.78 Å². The topological polar surface area (TPSA) is 106 Å². The molecule has 0 saturated heterocycles. The predicted molar refractivity (Wildman–Crippen MR) is 113 cm³/mol. The summed E-state index contributed by atoms with van der Waals surface area (Å²) in [6.07, 6.45) is 7.80. The van der Waals surface area contributed by atoms with Crippen LogP contribution in [0.5, 0.6) is 0 Å². The molecule has 0 saturated carbocycles. The number of H-pyrrole nitrogens is 1.